The highest BCUT2D eigenvalue weighted by atomic mass is 32.1. The van der Waals surface area contributed by atoms with E-state index in [4.69, 9.17) is 0 Å². The Hall–Kier alpha value is -1.23. The lowest BCUT2D eigenvalue weighted by molar-refractivity contribution is 1.20. The van der Waals surface area contributed by atoms with E-state index in [9.17, 15) is 0 Å². The molecule has 0 aliphatic heterocycles. The van der Waals surface area contributed by atoms with Crippen molar-refractivity contribution in [2.75, 3.05) is 12.4 Å². The van der Waals surface area contributed by atoms with Gasteiger partial charge in [-0.1, -0.05) is 11.3 Å². The maximum Gasteiger partial charge on any atom is 0.156 e. The molecule has 0 unspecified atom stereocenters. The number of nitrogens with zero attached hydrogens (tertiary/aromatic N) is 3. The quantitative estimate of drug-likeness (QED) is 0.721. The van der Waals surface area contributed by atoms with E-state index in [0.717, 1.165) is 21.2 Å². The molecule has 0 radical (unpaired) electrons. The third-order valence-electron chi connectivity index (χ3n) is 1.54. The van der Waals surface area contributed by atoms with E-state index in [1.54, 1.807) is 17.7 Å². The first kappa shape index (κ1) is 7.42. The Balaban J connectivity index is 2.78. The van der Waals surface area contributed by atoms with Gasteiger partial charge in [0.25, 0.3) is 0 Å². The van der Waals surface area contributed by atoms with Crippen molar-refractivity contribution in [3.8, 4) is 0 Å². The zero-order valence-corrected chi connectivity index (χ0v) is 7.64. The van der Waals surface area contributed by atoms with Crippen LogP contribution in [0.25, 0.3) is 10.3 Å². The summed E-state index contributed by atoms with van der Waals surface area (Å²) in [7, 11) is 1.83. The molecule has 4 nitrogen and oxygen atoms in total. The van der Waals surface area contributed by atoms with Crippen LogP contribution in [0.4, 0.5) is 5.82 Å². The van der Waals surface area contributed by atoms with Crippen LogP contribution in [0, 0.1) is 6.92 Å². The van der Waals surface area contributed by atoms with Crippen molar-refractivity contribution in [3.63, 3.8) is 0 Å². The summed E-state index contributed by atoms with van der Waals surface area (Å²) in [6.07, 6.45) is 1.55. The van der Waals surface area contributed by atoms with Crippen LogP contribution in [0.1, 0.15) is 5.01 Å². The third kappa shape index (κ3) is 1.02. The number of anilines is 1. The van der Waals surface area contributed by atoms with Crippen molar-refractivity contribution in [2.45, 2.75) is 6.92 Å². The van der Waals surface area contributed by atoms with E-state index < -0.39 is 0 Å². The summed E-state index contributed by atoms with van der Waals surface area (Å²) in [5.74, 6) is 0.796. The highest BCUT2D eigenvalue weighted by Gasteiger charge is 2.05. The summed E-state index contributed by atoms with van der Waals surface area (Å²) < 4.78 is 0. The number of hydrogen-bond donors (Lipinski definition) is 1. The molecule has 2 aromatic rings. The second-order valence-electron chi connectivity index (χ2n) is 2.36. The van der Waals surface area contributed by atoms with Gasteiger partial charge < -0.3 is 5.32 Å². The van der Waals surface area contributed by atoms with Gasteiger partial charge in [-0.25, -0.2) is 15.0 Å². The summed E-state index contributed by atoms with van der Waals surface area (Å²) >= 11 is 1.58. The molecule has 1 N–H and O–H groups in total. The highest BCUT2D eigenvalue weighted by molar-refractivity contribution is 7.18. The average molecular weight is 180 g/mol. The molecule has 0 aliphatic carbocycles. The van der Waals surface area contributed by atoms with Crippen LogP contribution < -0.4 is 5.32 Å². The van der Waals surface area contributed by atoms with E-state index in [1.165, 1.54) is 0 Å². The Morgan fingerprint density at radius 2 is 2.25 bits per heavy atom. The fourth-order valence-electron chi connectivity index (χ4n) is 1.04. The van der Waals surface area contributed by atoms with Crippen molar-refractivity contribution in [3.05, 3.63) is 11.3 Å². The molecule has 0 saturated heterocycles. The fourth-order valence-corrected chi connectivity index (χ4v) is 1.80. The van der Waals surface area contributed by atoms with Gasteiger partial charge in [-0.2, -0.15) is 0 Å². The van der Waals surface area contributed by atoms with Crippen molar-refractivity contribution in [2.24, 2.45) is 0 Å². The van der Waals surface area contributed by atoms with E-state index in [2.05, 4.69) is 20.3 Å². The van der Waals surface area contributed by atoms with Crippen molar-refractivity contribution in [1.29, 1.82) is 0 Å². The van der Waals surface area contributed by atoms with Crippen molar-refractivity contribution in [1.82, 2.24) is 15.0 Å². The largest absolute Gasteiger partial charge is 0.371 e. The predicted molar refractivity (Wildman–Crippen MR) is 49.5 cm³/mol. The lowest BCUT2D eigenvalue weighted by Crippen LogP contribution is -1.93. The Bertz CT molecular complexity index is 409. The van der Waals surface area contributed by atoms with Gasteiger partial charge in [0.1, 0.15) is 16.7 Å². The highest BCUT2D eigenvalue weighted by Crippen LogP contribution is 2.22. The molecular formula is C7H8N4S. The SMILES string of the molecule is CNc1ncnc2sc(C)nc12. The minimum Gasteiger partial charge on any atom is -0.371 e. The smallest absolute Gasteiger partial charge is 0.156 e. The standard InChI is InChI=1S/C7H8N4S/c1-4-11-5-6(8-2)9-3-10-7(5)12-4/h3H,1-2H3,(H,8,9,10). The van der Waals surface area contributed by atoms with Gasteiger partial charge in [0.05, 0.1) is 5.01 Å². The molecule has 2 rings (SSSR count). The molecular weight excluding hydrogens is 172 g/mol. The van der Waals surface area contributed by atoms with Crippen molar-refractivity contribution < 1.29 is 0 Å². The van der Waals surface area contributed by atoms with Crippen LogP contribution in [-0.2, 0) is 0 Å². The lowest BCUT2D eigenvalue weighted by Gasteiger charge is -1.96. The molecule has 0 saturated carbocycles. The second-order valence-corrected chi connectivity index (χ2v) is 3.54. The van der Waals surface area contributed by atoms with E-state index in [0.29, 0.717) is 0 Å². The number of rotatable bonds is 1. The van der Waals surface area contributed by atoms with Gasteiger partial charge >= 0.3 is 0 Å². The van der Waals surface area contributed by atoms with Crippen LogP contribution in [0.5, 0.6) is 0 Å². The minimum atomic E-state index is 0.796. The summed E-state index contributed by atoms with van der Waals surface area (Å²) in [5.41, 5.74) is 0.863. The Morgan fingerprint density at radius 1 is 1.42 bits per heavy atom. The minimum absolute atomic E-state index is 0.796. The number of nitrogens with one attached hydrogen (secondary N) is 1. The lowest BCUT2D eigenvalue weighted by atomic mass is 10.5. The number of aromatic nitrogens is 3. The molecule has 0 spiro atoms. The number of fused-ring (bicyclic) bond motifs is 1. The van der Waals surface area contributed by atoms with Gasteiger partial charge in [-0.3, -0.25) is 0 Å². The topological polar surface area (TPSA) is 50.7 Å². The number of thiazole rings is 1. The maximum atomic E-state index is 4.31. The van der Waals surface area contributed by atoms with Crippen LogP contribution in [0.2, 0.25) is 0 Å². The Labute approximate surface area is 73.7 Å². The fraction of sp³-hybridized carbons (Fsp3) is 0.286. The Kier molecular flexibility index (Phi) is 1.65. The molecule has 0 atom stereocenters. The molecule has 0 fully saturated rings. The molecule has 0 aliphatic rings. The van der Waals surface area contributed by atoms with Gasteiger partial charge in [0.2, 0.25) is 0 Å². The zero-order chi connectivity index (χ0) is 8.55. The molecule has 2 heterocycles. The number of aryl methyl sites for hydroxylation is 1. The summed E-state index contributed by atoms with van der Waals surface area (Å²) in [5, 5.41) is 3.99. The van der Waals surface area contributed by atoms with Crippen LogP contribution in [0.3, 0.4) is 0 Å². The molecule has 5 heteroatoms. The molecule has 0 amide bonds. The normalized spacial score (nSPS) is 10.5. The van der Waals surface area contributed by atoms with E-state index in [-0.39, 0.29) is 0 Å². The summed E-state index contributed by atoms with van der Waals surface area (Å²) in [6.45, 7) is 1.96. The molecule has 12 heavy (non-hydrogen) atoms. The first-order valence-electron chi connectivity index (χ1n) is 3.57. The maximum absolute atomic E-state index is 4.31. The van der Waals surface area contributed by atoms with Crippen LogP contribution >= 0.6 is 11.3 Å². The van der Waals surface area contributed by atoms with Gasteiger partial charge in [-0.05, 0) is 6.92 Å². The first-order valence-corrected chi connectivity index (χ1v) is 4.39. The molecule has 0 aromatic carbocycles. The predicted octanol–water partition coefficient (Wildman–Crippen LogP) is 1.44. The molecule has 2 aromatic heterocycles. The zero-order valence-electron chi connectivity index (χ0n) is 6.83. The second kappa shape index (κ2) is 2.67. The molecule has 62 valence electrons. The van der Waals surface area contributed by atoms with Gasteiger partial charge in [0, 0.05) is 7.05 Å². The van der Waals surface area contributed by atoms with Crippen molar-refractivity contribution >= 4 is 27.5 Å². The van der Waals surface area contributed by atoms with E-state index in [1.807, 2.05) is 14.0 Å². The van der Waals surface area contributed by atoms with Crippen LogP contribution in [0.15, 0.2) is 6.33 Å². The molecule has 0 bridgehead atoms. The van der Waals surface area contributed by atoms with Crippen LogP contribution in [-0.4, -0.2) is 22.0 Å². The number of hydrogen-bond acceptors (Lipinski definition) is 5. The average Bonchev–Trinajstić information content (AvgIpc) is 2.44. The monoisotopic (exact) mass is 180 g/mol. The van der Waals surface area contributed by atoms with Gasteiger partial charge in [-0.15, -0.1) is 0 Å². The summed E-state index contributed by atoms with van der Waals surface area (Å²) in [4.78, 5) is 13.4. The van der Waals surface area contributed by atoms with E-state index >= 15 is 0 Å². The van der Waals surface area contributed by atoms with Gasteiger partial charge in [0.15, 0.2) is 5.82 Å². The first-order chi connectivity index (χ1) is 5.81. The Morgan fingerprint density at radius 3 is 3.00 bits per heavy atom. The summed E-state index contributed by atoms with van der Waals surface area (Å²) in [6, 6.07) is 0. The third-order valence-corrected chi connectivity index (χ3v) is 2.42.